The summed E-state index contributed by atoms with van der Waals surface area (Å²) < 4.78 is 24.1. The van der Waals surface area contributed by atoms with E-state index in [0.717, 1.165) is 128 Å². The Bertz CT molecular complexity index is 5670. The molecule has 4 aromatic heterocycles. The lowest BCUT2D eigenvalue weighted by molar-refractivity contribution is 0.106. The highest BCUT2D eigenvalue weighted by Crippen LogP contribution is 2.34. The summed E-state index contributed by atoms with van der Waals surface area (Å²) in [6.07, 6.45) is 1.09. The molecule has 4 saturated heterocycles. The van der Waals surface area contributed by atoms with Gasteiger partial charge in [0.15, 0.2) is 0 Å². The molecular weight excluding hydrogens is 1540 g/mol. The van der Waals surface area contributed by atoms with Crippen molar-refractivity contribution in [1.82, 2.24) is 78.7 Å². The highest BCUT2D eigenvalue weighted by Gasteiger charge is 2.30. The number of benzene rings is 8. The normalized spacial score (nSPS) is 15.8. The molecular formula is C87H95Cl4N17O7. The molecule has 24 nitrogen and oxygen atoms in total. The van der Waals surface area contributed by atoms with Crippen molar-refractivity contribution in [3.8, 4) is 46.1 Å². The molecule has 4 fully saturated rings. The van der Waals surface area contributed by atoms with E-state index in [1.165, 1.54) is 0 Å². The first kappa shape index (κ1) is 83.0. The molecule has 0 bridgehead atoms. The van der Waals surface area contributed by atoms with Crippen LogP contribution in [0.3, 0.4) is 0 Å². The SMILES string of the molecule is CCOc1ccccc1-n1c(C(C)N2CCN(CC#N)CC2)nc2cc(Cl)ccc2c1=O.CCOc1ccccc1-n1c(C(C)N2CCNCC2)nc2cc(Cl)ccc2c1=O.CCOc1ccccc1-n1c(CN2CCCNCC2)nc2ccccc2c1=O.O=c1c2ccccc2nc(CN2CCNCC2)n1-c1c(Cl)cccc1Cl. The van der Waals surface area contributed by atoms with E-state index in [0.29, 0.717) is 149 Å². The van der Waals surface area contributed by atoms with Gasteiger partial charge in [-0.2, -0.15) is 5.26 Å². The minimum atomic E-state index is -0.157. The Morgan fingerprint density at radius 1 is 0.400 bits per heavy atom. The third-order valence-electron chi connectivity index (χ3n) is 20.9. The smallest absolute Gasteiger partial charge is 0.266 e. The molecule has 598 valence electrons. The van der Waals surface area contributed by atoms with Crippen LogP contribution in [-0.4, -0.2) is 194 Å². The number of hydrogen-bond donors (Lipinski definition) is 3. The van der Waals surface area contributed by atoms with E-state index < -0.39 is 0 Å². The van der Waals surface area contributed by atoms with E-state index in [1.807, 2.05) is 136 Å². The number of aromatic nitrogens is 8. The van der Waals surface area contributed by atoms with Gasteiger partial charge >= 0.3 is 0 Å². The van der Waals surface area contributed by atoms with Crippen molar-refractivity contribution in [1.29, 1.82) is 5.26 Å². The average molecular weight is 1630 g/mol. The zero-order chi connectivity index (χ0) is 80.5. The van der Waals surface area contributed by atoms with Crippen molar-refractivity contribution in [3.05, 3.63) is 261 Å². The quantitative estimate of drug-likeness (QED) is 0.0637. The second-order valence-corrected chi connectivity index (χ2v) is 29.9. The van der Waals surface area contributed by atoms with Crippen LogP contribution in [0.25, 0.3) is 66.4 Å². The van der Waals surface area contributed by atoms with E-state index in [9.17, 15) is 19.2 Å². The van der Waals surface area contributed by atoms with Gasteiger partial charge in [0.2, 0.25) is 0 Å². The summed E-state index contributed by atoms with van der Waals surface area (Å²) in [5.41, 5.74) is 4.76. The van der Waals surface area contributed by atoms with Crippen molar-refractivity contribution < 1.29 is 14.2 Å². The second kappa shape index (κ2) is 39.6. The van der Waals surface area contributed by atoms with Gasteiger partial charge < -0.3 is 30.2 Å². The molecule has 8 heterocycles. The lowest BCUT2D eigenvalue weighted by atomic mass is 10.1. The maximum absolute atomic E-state index is 13.7. The van der Waals surface area contributed by atoms with E-state index >= 15 is 0 Å². The van der Waals surface area contributed by atoms with Crippen LogP contribution in [0.15, 0.2) is 195 Å². The Hall–Kier alpha value is -9.95. The average Bonchev–Trinajstić information content (AvgIpc) is 0.797. The largest absolute Gasteiger partial charge is 0.492 e. The number of rotatable bonds is 19. The van der Waals surface area contributed by atoms with Gasteiger partial charge in [-0.1, -0.05) is 113 Å². The summed E-state index contributed by atoms with van der Waals surface area (Å²) in [7, 11) is 0. The van der Waals surface area contributed by atoms with E-state index in [-0.39, 0.29) is 34.3 Å². The fourth-order valence-corrected chi connectivity index (χ4v) is 15.9. The highest BCUT2D eigenvalue weighted by atomic mass is 35.5. The van der Waals surface area contributed by atoms with Gasteiger partial charge in [0, 0.05) is 102 Å². The van der Waals surface area contributed by atoms with Gasteiger partial charge in [-0.05, 0) is 163 Å². The maximum Gasteiger partial charge on any atom is 0.266 e. The summed E-state index contributed by atoms with van der Waals surface area (Å²) >= 11 is 25.2. The highest BCUT2D eigenvalue weighted by molar-refractivity contribution is 6.37. The lowest BCUT2D eigenvalue weighted by Crippen LogP contribution is -2.48. The van der Waals surface area contributed by atoms with Crippen molar-refractivity contribution in [2.75, 3.05) is 131 Å². The summed E-state index contributed by atoms with van der Waals surface area (Å²) in [4.78, 5) is 84.9. The van der Waals surface area contributed by atoms with Crippen LogP contribution in [0.4, 0.5) is 0 Å². The zero-order valence-corrected chi connectivity index (χ0v) is 68.3. The Balaban J connectivity index is 0.000000134. The number of fused-ring (bicyclic) bond motifs is 4. The number of halogens is 4. The van der Waals surface area contributed by atoms with Crippen LogP contribution in [0.5, 0.6) is 17.2 Å². The Morgan fingerprint density at radius 2 is 0.783 bits per heavy atom. The molecule has 28 heteroatoms. The van der Waals surface area contributed by atoms with Crippen LogP contribution < -0.4 is 52.4 Å². The molecule has 16 rings (SSSR count). The molecule has 0 saturated carbocycles. The monoisotopic (exact) mass is 1630 g/mol. The predicted octanol–water partition coefficient (Wildman–Crippen LogP) is 12.7. The molecule has 2 unspecified atom stereocenters. The molecule has 0 radical (unpaired) electrons. The summed E-state index contributed by atoms with van der Waals surface area (Å²) in [5.74, 6) is 4.73. The van der Waals surface area contributed by atoms with E-state index in [1.54, 1.807) is 78.9 Å². The molecule has 4 aliphatic rings. The van der Waals surface area contributed by atoms with Gasteiger partial charge in [-0.3, -0.25) is 61.9 Å². The van der Waals surface area contributed by atoms with Crippen LogP contribution in [0.2, 0.25) is 20.1 Å². The van der Waals surface area contributed by atoms with Crippen molar-refractivity contribution >= 4 is 90.0 Å². The van der Waals surface area contributed by atoms with Crippen LogP contribution in [-0.2, 0) is 13.1 Å². The van der Waals surface area contributed by atoms with Crippen LogP contribution in [0, 0.1) is 11.3 Å². The minimum Gasteiger partial charge on any atom is -0.492 e. The Morgan fingerprint density at radius 3 is 1.25 bits per heavy atom. The molecule has 0 aliphatic carbocycles. The topological polar surface area (TPSA) is 243 Å². The number of nitrogens with zero attached hydrogens (tertiary/aromatic N) is 14. The predicted molar refractivity (Wildman–Crippen MR) is 459 cm³/mol. The third kappa shape index (κ3) is 19.4. The third-order valence-corrected chi connectivity index (χ3v) is 21.9. The first-order valence-electron chi connectivity index (χ1n) is 39.3. The molecule has 0 spiro atoms. The molecule has 0 amide bonds. The van der Waals surface area contributed by atoms with E-state index in [2.05, 4.69) is 60.4 Å². The number of ether oxygens (including phenoxy) is 3. The lowest BCUT2D eigenvalue weighted by Gasteiger charge is -2.37. The first-order chi connectivity index (χ1) is 56.0. The van der Waals surface area contributed by atoms with Gasteiger partial charge in [-0.25, -0.2) is 19.9 Å². The van der Waals surface area contributed by atoms with E-state index in [4.69, 9.17) is 85.8 Å². The summed E-state index contributed by atoms with van der Waals surface area (Å²) in [5, 5.41) is 23.3. The number of hydrogen-bond acceptors (Lipinski definition) is 20. The van der Waals surface area contributed by atoms with Gasteiger partial charge in [0.05, 0.1) is 134 Å². The number of nitrogens with one attached hydrogen (secondary N) is 3. The fourth-order valence-electron chi connectivity index (χ4n) is 15.0. The van der Waals surface area contributed by atoms with Gasteiger partial charge in [0.25, 0.3) is 22.2 Å². The Kier molecular flexibility index (Phi) is 28.6. The molecule has 8 aromatic carbocycles. The number of piperazine rings is 3. The van der Waals surface area contributed by atoms with Crippen LogP contribution >= 0.6 is 46.4 Å². The molecule has 3 N–H and O–H groups in total. The van der Waals surface area contributed by atoms with Crippen molar-refractivity contribution in [2.24, 2.45) is 0 Å². The molecule has 115 heavy (non-hydrogen) atoms. The number of para-hydroxylation sites is 9. The molecule has 4 aliphatic heterocycles. The van der Waals surface area contributed by atoms with Gasteiger partial charge in [0.1, 0.15) is 40.5 Å². The molecule has 12 aromatic rings. The fraction of sp³-hybridized carbons (Fsp3) is 0.345. The van der Waals surface area contributed by atoms with Gasteiger partial charge in [-0.15, -0.1) is 0 Å². The summed E-state index contributed by atoms with van der Waals surface area (Å²) in [6, 6.07) is 55.4. The van der Waals surface area contributed by atoms with Crippen LogP contribution in [0.1, 0.15) is 76.4 Å². The zero-order valence-electron chi connectivity index (χ0n) is 65.3. The summed E-state index contributed by atoms with van der Waals surface area (Å²) in [6.45, 7) is 27.5. The second-order valence-electron chi connectivity index (χ2n) is 28.2. The van der Waals surface area contributed by atoms with Crippen molar-refractivity contribution in [2.45, 2.75) is 66.2 Å². The van der Waals surface area contributed by atoms with Crippen molar-refractivity contribution in [3.63, 3.8) is 0 Å². The maximum atomic E-state index is 13.7. The standard InChI is InChI=1S/C24H26ClN5O2.C22H25ClN4O2.C22H26N4O2.C19H18Cl2N4O/c1-3-32-22-7-5-4-6-21(22)30-23(17(2)29-14-12-28(11-10-26)13-15-29)27-20-16-18(25)8-9-19(20)24(30)31;1-3-29-20-7-5-4-6-19(20)27-21(15(2)26-12-10-24-11-13-26)25-18-14-16(23)8-9-17(18)22(27)28;1-2-28-20-11-6-5-10-19(20)26-21(16-25-14-7-12-23-13-15-25)24-18-9-4-3-8-17(18)22(26)27;20-14-5-3-6-15(21)18(14)25-17(12-24-10-8-22-9-11-24)23-16-7-2-1-4-13(16)19(25)26/h4-9,16-17H,3,11-15H2,1-2H3;4-9,14-15,24H,3,10-13H2,1-2H3;3-6,8-11,23H,2,7,12-16H2,1H3;1-7,22H,8-12H2. The first-order valence-corrected chi connectivity index (χ1v) is 40.8. The molecule has 2 atom stereocenters. The number of nitriles is 1. The Labute approximate surface area is 688 Å². The minimum absolute atomic E-state index is 0.0390.